The van der Waals surface area contributed by atoms with Gasteiger partial charge in [0.2, 0.25) is 5.16 Å². The van der Waals surface area contributed by atoms with E-state index in [-0.39, 0.29) is 18.7 Å². The number of tetrazole rings is 2. The van der Waals surface area contributed by atoms with E-state index in [1.165, 1.54) is 11.8 Å². The monoisotopic (exact) mass is 471 g/mol. The number of aromatic nitrogens is 8. The van der Waals surface area contributed by atoms with E-state index < -0.39 is 0 Å². The molecular weight excluding hydrogens is 446 g/mol. The van der Waals surface area contributed by atoms with E-state index in [0.29, 0.717) is 36.4 Å². The lowest BCUT2D eigenvalue weighted by Crippen LogP contribution is -2.39. The molecule has 0 saturated carbocycles. The molecule has 174 valence electrons. The van der Waals surface area contributed by atoms with Gasteiger partial charge < -0.3 is 14.4 Å². The molecule has 1 aliphatic rings. The van der Waals surface area contributed by atoms with Crippen molar-refractivity contribution in [3.05, 3.63) is 42.7 Å². The van der Waals surface area contributed by atoms with Crippen LogP contribution < -0.4 is 4.74 Å². The lowest BCUT2D eigenvalue weighted by molar-refractivity contribution is 0.0906. The first-order chi connectivity index (χ1) is 16.2. The van der Waals surface area contributed by atoms with Crippen LogP contribution >= 0.6 is 11.8 Å². The number of likely N-dealkylation sites (tertiary alicyclic amines) is 1. The Balaban J connectivity index is 1.34. The van der Waals surface area contributed by atoms with Gasteiger partial charge in [-0.15, -0.1) is 16.8 Å². The highest BCUT2D eigenvalue weighted by atomic mass is 32.2. The minimum atomic E-state index is -0.271. The number of rotatable bonds is 9. The average Bonchev–Trinajstić information content (AvgIpc) is 3.51. The number of carbonyl (C=O) groups excluding carboxylic acids is 1. The van der Waals surface area contributed by atoms with Crippen LogP contribution in [0.15, 0.2) is 42.1 Å². The van der Waals surface area contributed by atoms with Gasteiger partial charge in [-0.2, -0.15) is 4.68 Å². The number of amides is 1. The van der Waals surface area contributed by atoms with Crippen molar-refractivity contribution in [1.82, 2.24) is 45.3 Å². The van der Waals surface area contributed by atoms with E-state index in [2.05, 4.69) is 37.6 Å². The predicted octanol–water partition coefficient (Wildman–Crippen LogP) is 2.30. The van der Waals surface area contributed by atoms with Crippen LogP contribution in [0.3, 0.4) is 0 Å². The number of ether oxygens (including phenoxy) is 2. The highest BCUT2D eigenvalue weighted by molar-refractivity contribution is 7.99. The van der Waals surface area contributed by atoms with Crippen molar-refractivity contribution in [2.45, 2.75) is 37.6 Å². The van der Waals surface area contributed by atoms with Gasteiger partial charge in [-0.25, -0.2) is 9.48 Å². The third-order valence-electron chi connectivity index (χ3n) is 5.12. The molecule has 13 heteroatoms. The Hall–Kier alpha value is -3.48. The molecule has 1 aliphatic heterocycles. The molecule has 1 saturated heterocycles. The summed E-state index contributed by atoms with van der Waals surface area (Å²) in [5, 5.41) is 24.6. The molecule has 12 nitrogen and oxygen atoms in total. The number of carbonyl (C=O) groups is 1. The quantitative estimate of drug-likeness (QED) is 0.339. The van der Waals surface area contributed by atoms with E-state index in [9.17, 15) is 4.79 Å². The van der Waals surface area contributed by atoms with E-state index in [4.69, 9.17) is 9.47 Å². The van der Waals surface area contributed by atoms with Crippen molar-refractivity contribution in [1.29, 1.82) is 0 Å². The van der Waals surface area contributed by atoms with E-state index >= 15 is 0 Å². The van der Waals surface area contributed by atoms with Crippen molar-refractivity contribution in [2.75, 3.05) is 25.4 Å². The fourth-order valence-corrected chi connectivity index (χ4v) is 4.12. The van der Waals surface area contributed by atoms with Crippen molar-refractivity contribution in [3.63, 3.8) is 0 Å². The van der Waals surface area contributed by atoms with Crippen LogP contribution in [0.25, 0.3) is 5.69 Å². The molecular formula is C20H25N9O3S. The van der Waals surface area contributed by atoms with Gasteiger partial charge in [0.15, 0.2) is 5.82 Å². The van der Waals surface area contributed by atoms with Crippen LogP contribution in [0.2, 0.25) is 0 Å². The summed E-state index contributed by atoms with van der Waals surface area (Å²) < 4.78 is 14.5. The standard InChI is InChI=1S/C20H25N9O3S/c1-3-13-33-19-22-24-26-29(19)15-5-7-17(8-6-15)32-14-18-21-23-25-28(18)16-9-11-27(12-10-16)20(30)31-4-2/h3,5-8,16H,1,4,9-14H2,2H3. The smallest absolute Gasteiger partial charge is 0.409 e. The minimum absolute atomic E-state index is 0.109. The number of hydrogen-bond acceptors (Lipinski definition) is 10. The van der Waals surface area contributed by atoms with Gasteiger partial charge in [0.05, 0.1) is 18.3 Å². The second-order valence-corrected chi connectivity index (χ2v) is 8.20. The highest BCUT2D eigenvalue weighted by Gasteiger charge is 2.27. The maximum absolute atomic E-state index is 11.9. The van der Waals surface area contributed by atoms with Gasteiger partial charge in [-0.05, 0) is 64.9 Å². The molecule has 0 radical (unpaired) electrons. The summed E-state index contributed by atoms with van der Waals surface area (Å²) in [6.45, 7) is 7.34. The molecule has 2 aromatic heterocycles. The largest absolute Gasteiger partial charge is 0.486 e. The topological polar surface area (TPSA) is 126 Å². The number of nitrogens with zero attached hydrogens (tertiary/aromatic N) is 9. The Morgan fingerprint density at radius 3 is 2.67 bits per heavy atom. The number of piperidine rings is 1. The first kappa shape index (κ1) is 22.7. The molecule has 33 heavy (non-hydrogen) atoms. The maximum atomic E-state index is 11.9. The van der Waals surface area contributed by atoms with Crippen LogP contribution in [0.5, 0.6) is 5.75 Å². The van der Waals surface area contributed by atoms with Gasteiger partial charge in [-0.3, -0.25) is 0 Å². The normalized spacial score (nSPS) is 14.3. The molecule has 0 bridgehead atoms. The van der Waals surface area contributed by atoms with Gasteiger partial charge in [0, 0.05) is 18.8 Å². The Bertz CT molecular complexity index is 1060. The zero-order chi connectivity index (χ0) is 23.0. The van der Waals surface area contributed by atoms with Crippen molar-refractivity contribution in [2.24, 2.45) is 0 Å². The number of hydrogen-bond donors (Lipinski definition) is 0. The zero-order valence-corrected chi connectivity index (χ0v) is 19.1. The number of benzene rings is 1. The lowest BCUT2D eigenvalue weighted by atomic mass is 10.1. The molecule has 0 aliphatic carbocycles. The summed E-state index contributed by atoms with van der Waals surface area (Å²) in [5.41, 5.74) is 0.831. The van der Waals surface area contributed by atoms with Crippen LogP contribution in [-0.2, 0) is 11.3 Å². The zero-order valence-electron chi connectivity index (χ0n) is 18.3. The van der Waals surface area contributed by atoms with Crippen molar-refractivity contribution >= 4 is 17.9 Å². The summed E-state index contributed by atoms with van der Waals surface area (Å²) in [6, 6.07) is 7.59. The third-order valence-corrected chi connectivity index (χ3v) is 6.03. The van der Waals surface area contributed by atoms with Crippen molar-refractivity contribution < 1.29 is 14.3 Å². The molecule has 3 heterocycles. The Morgan fingerprint density at radius 2 is 1.94 bits per heavy atom. The number of thioether (sulfide) groups is 1. The predicted molar refractivity (Wildman–Crippen MR) is 119 cm³/mol. The summed E-state index contributed by atoms with van der Waals surface area (Å²) in [7, 11) is 0. The first-order valence-corrected chi connectivity index (χ1v) is 11.6. The summed E-state index contributed by atoms with van der Waals surface area (Å²) in [6.07, 6.45) is 3.04. The molecule has 1 aromatic carbocycles. The van der Waals surface area contributed by atoms with Crippen molar-refractivity contribution in [3.8, 4) is 11.4 Å². The molecule has 0 atom stereocenters. The van der Waals surface area contributed by atoms with E-state index in [0.717, 1.165) is 24.3 Å². The van der Waals surface area contributed by atoms with Gasteiger partial charge >= 0.3 is 6.09 Å². The van der Waals surface area contributed by atoms with Gasteiger partial charge in [-0.1, -0.05) is 17.8 Å². The van der Waals surface area contributed by atoms with Gasteiger partial charge in [0.1, 0.15) is 12.4 Å². The maximum Gasteiger partial charge on any atom is 0.409 e. The summed E-state index contributed by atoms with van der Waals surface area (Å²) in [4.78, 5) is 13.6. The van der Waals surface area contributed by atoms with Gasteiger partial charge in [0.25, 0.3) is 0 Å². The summed E-state index contributed by atoms with van der Waals surface area (Å²) >= 11 is 1.50. The fraction of sp³-hybridized carbons (Fsp3) is 0.450. The Morgan fingerprint density at radius 1 is 1.18 bits per heavy atom. The molecule has 0 N–H and O–H groups in total. The average molecular weight is 472 g/mol. The second-order valence-electron chi connectivity index (χ2n) is 7.21. The van der Waals surface area contributed by atoms with E-state index in [1.807, 2.05) is 24.3 Å². The molecule has 0 spiro atoms. The van der Waals surface area contributed by atoms with E-state index in [1.54, 1.807) is 27.3 Å². The van der Waals surface area contributed by atoms with Crippen LogP contribution in [0.1, 0.15) is 31.6 Å². The highest BCUT2D eigenvalue weighted by Crippen LogP contribution is 2.24. The Labute approximate surface area is 194 Å². The van der Waals surface area contributed by atoms with Crippen LogP contribution in [-0.4, -0.2) is 76.9 Å². The minimum Gasteiger partial charge on any atom is -0.486 e. The SMILES string of the molecule is C=CCSc1nnnn1-c1ccc(OCc2nnnn2C2CCN(C(=O)OCC)CC2)cc1. The molecule has 3 aromatic rings. The molecule has 1 amide bonds. The molecule has 0 unspecified atom stereocenters. The second kappa shape index (κ2) is 10.9. The first-order valence-electron chi connectivity index (χ1n) is 10.6. The fourth-order valence-electron chi connectivity index (χ4n) is 3.49. The molecule has 1 fully saturated rings. The van der Waals surface area contributed by atoms with Crippen LogP contribution in [0, 0.1) is 0 Å². The molecule has 4 rings (SSSR count). The summed E-state index contributed by atoms with van der Waals surface area (Å²) in [5.74, 6) is 2.04. The Kier molecular flexibility index (Phi) is 7.50. The lowest BCUT2D eigenvalue weighted by Gasteiger charge is -2.31. The third kappa shape index (κ3) is 5.48. The van der Waals surface area contributed by atoms with Crippen LogP contribution in [0.4, 0.5) is 4.79 Å².